The number of hydrogen-bond donors (Lipinski definition) is 3. The summed E-state index contributed by atoms with van der Waals surface area (Å²) >= 11 is 0. The fraction of sp³-hybridized carbons (Fsp3) is 0.571. The van der Waals surface area contributed by atoms with Crippen LogP contribution in [0.25, 0.3) is 0 Å². The van der Waals surface area contributed by atoms with Gasteiger partial charge < -0.3 is 5.43 Å². The number of nitrogens with zero attached hydrogens (tertiary/aromatic N) is 1. The van der Waals surface area contributed by atoms with Crippen LogP contribution < -0.4 is 11.3 Å². The van der Waals surface area contributed by atoms with Gasteiger partial charge in [-0.2, -0.15) is 5.10 Å². The van der Waals surface area contributed by atoms with Crippen molar-refractivity contribution in [2.75, 3.05) is 5.43 Å². The van der Waals surface area contributed by atoms with Crippen LogP contribution >= 0.6 is 0 Å². The first-order valence-corrected chi connectivity index (χ1v) is 3.94. The average Bonchev–Trinajstić information content (AvgIpc) is 2.47. The van der Waals surface area contributed by atoms with Gasteiger partial charge in [0.15, 0.2) is 5.82 Å². The molecule has 4 heteroatoms. The van der Waals surface area contributed by atoms with E-state index >= 15 is 0 Å². The number of H-pyrrole nitrogens is 1. The van der Waals surface area contributed by atoms with Gasteiger partial charge in [-0.15, -0.1) is 0 Å². The zero-order valence-corrected chi connectivity index (χ0v) is 6.35. The molecule has 0 saturated carbocycles. The Labute approximate surface area is 65.1 Å². The fourth-order valence-electron chi connectivity index (χ4n) is 1.60. The van der Waals surface area contributed by atoms with Gasteiger partial charge in [0.05, 0.1) is 0 Å². The lowest BCUT2D eigenvalue weighted by molar-refractivity contribution is 0.675. The second-order valence-electron chi connectivity index (χ2n) is 2.88. The summed E-state index contributed by atoms with van der Waals surface area (Å²) in [6, 6.07) is 0. The highest BCUT2D eigenvalue weighted by Gasteiger charge is 2.15. The predicted octanol–water partition coefficient (Wildman–Crippen LogP) is 0.574. The Hall–Kier alpha value is -1.03. The maximum atomic E-state index is 5.29. The van der Waals surface area contributed by atoms with Crippen LogP contribution in [-0.4, -0.2) is 10.2 Å². The quantitative estimate of drug-likeness (QED) is 0.407. The van der Waals surface area contributed by atoms with Gasteiger partial charge in [-0.25, -0.2) is 5.84 Å². The Kier molecular flexibility index (Phi) is 1.54. The highest BCUT2D eigenvalue weighted by Crippen LogP contribution is 2.24. The van der Waals surface area contributed by atoms with Crippen LogP contribution in [0.1, 0.15) is 24.1 Å². The van der Waals surface area contributed by atoms with Gasteiger partial charge in [0, 0.05) is 11.3 Å². The van der Waals surface area contributed by atoms with E-state index in [2.05, 4.69) is 15.6 Å². The molecular weight excluding hydrogens is 140 g/mol. The molecule has 60 valence electrons. The van der Waals surface area contributed by atoms with E-state index in [1.54, 1.807) is 0 Å². The predicted molar refractivity (Wildman–Crippen MR) is 43.0 cm³/mol. The standard InChI is InChI=1S/C7H12N4/c8-9-7-5-3-1-2-4-6(5)10-11-7/h1-4,8H2,(H2,9,10,11). The molecule has 1 aliphatic carbocycles. The van der Waals surface area contributed by atoms with Crippen molar-refractivity contribution in [3.8, 4) is 0 Å². The SMILES string of the molecule is NNc1n[nH]c2c1CCCC2. The van der Waals surface area contributed by atoms with E-state index < -0.39 is 0 Å². The average molecular weight is 152 g/mol. The van der Waals surface area contributed by atoms with Crippen molar-refractivity contribution >= 4 is 5.82 Å². The Balaban J connectivity index is 2.38. The summed E-state index contributed by atoms with van der Waals surface area (Å²) in [6.07, 6.45) is 4.73. The zero-order chi connectivity index (χ0) is 7.68. The molecule has 1 heterocycles. The third kappa shape index (κ3) is 0.991. The van der Waals surface area contributed by atoms with Gasteiger partial charge in [-0.1, -0.05) is 0 Å². The van der Waals surface area contributed by atoms with Gasteiger partial charge in [0.25, 0.3) is 0 Å². The van der Waals surface area contributed by atoms with E-state index in [0.717, 1.165) is 18.7 Å². The Morgan fingerprint density at radius 2 is 2.18 bits per heavy atom. The molecule has 0 aromatic carbocycles. The number of fused-ring (bicyclic) bond motifs is 1. The number of anilines is 1. The van der Waals surface area contributed by atoms with E-state index in [-0.39, 0.29) is 0 Å². The third-order valence-corrected chi connectivity index (χ3v) is 2.19. The van der Waals surface area contributed by atoms with E-state index in [1.165, 1.54) is 24.1 Å². The second-order valence-corrected chi connectivity index (χ2v) is 2.88. The normalized spacial score (nSPS) is 16.1. The summed E-state index contributed by atoms with van der Waals surface area (Å²) in [5, 5.41) is 7.04. The molecule has 0 aliphatic heterocycles. The first-order chi connectivity index (χ1) is 5.42. The van der Waals surface area contributed by atoms with Gasteiger partial charge >= 0.3 is 0 Å². The van der Waals surface area contributed by atoms with Crippen molar-refractivity contribution in [3.05, 3.63) is 11.3 Å². The number of nitrogen functional groups attached to an aromatic ring is 1. The van der Waals surface area contributed by atoms with Crippen LogP contribution in [-0.2, 0) is 12.8 Å². The number of rotatable bonds is 1. The maximum absolute atomic E-state index is 5.29. The Morgan fingerprint density at radius 3 is 3.00 bits per heavy atom. The third-order valence-electron chi connectivity index (χ3n) is 2.19. The molecule has 0 spiro atoms. The Morgan fingerprint density at radius 1 is 1.36 bits per heavy atom. The molecule has 0 saturated heterocycles. The summed E-state index contributed by atoms with van der Waals surface area (Å²) in [6.45, 7) is 0. The van der Waals surface area contributed by atoms with E-state index in [1.807, 2.05) is 0 Å². The number of aromatic nitrogens is 2. The van der Waals surface area contributed by atoms with Gasteiger partial charge in [-0.3, -0.25) is 5.10 Å². The molecule has 0 bridgehead atoms. The van der Waals surface area contributed by atoms with E-state index in [9.17, 15) is 0 Å². The molecule has 0 fully saturated rings. The first-order valence-electron chi connectivity index (χ1n) is 3.94. The number of aromatic amines is 1. The lowest BCUT2D eigenvalue weighted by Gasteiger charge is -2.09. The summed E-state index contributed by atoms with van der Waals surface area (Å²) in [4.78, 5) is 0. The molecule has 4 N–H and O–H groups in total. The first kappa shape index (κ1) is 6.67. The topological polar surface area (TPSA) is 66.7 Å². The largest absolute Gasteiger partial charge is 0.307 e. The maximum Gasteiger partial charge on any atom is 0.165 e. The van der Waals surface area contributed by atoms with Crippen LogP contribution in [0.3, 0.4) is 0 Å². The molecule has 1 aromatic rings. The van der Waals surface area contributed by atoms with Crippen molar-refractivity contribution in [2.45, 2.75) is 25.7 Å². The minimum atomic E-state index is 0.819. The molecule has 0 radical (unpaired) electrons. The van der Waals surface area contributed by atoms with Crippen LogP contribution in [0, 0.1) is 0 Å². The summed E-state index contributed by atoms with van der Waals surface area (Å²) in [7, 11) is 0. The number of hydrogen-bond acceptors (Lipinski definition) is 3. The second kappa shape index (κ2) is 2.54. The molecule has 1 aliphatic rings. The molecule has 11 heavy (non-hydrogen) atoms. The minimum Gasteiger partial charge on any atom is -0.307 e. The zero-order valence-electron chi connectivity index (χ0n) is 6.35. The molecule has 2 rings (SSSR count). The van der Waals surface area contributed by atoms with Crippen molar-refractivity contribution in [1.29, 1.82) is 0 Å². The van der Waals surface area contributed by atoms with E-state index in [0.29, 0.717) is 0 Å². The van der Waals surface area contributed by atoms with Crippen molar-refractivity contribution in [2.24, 2.45) is 5.84 Å². The van der Waals surface area contributed by atoms with Crippen LogP contribution in [0.5, 0.6) is 0 Å². The van der Waals surface area contributed by atoms with Gasteiger partial charge in [0.2, 0.25) is 0 Å². The molecule has 1 aromatic heterocycles. The molecule has 0 amide bonds. The monoisotopic (exact) mass is 152 g/mol. The highest BCUT2D eigenvalue weighted by molar-refractivity contribution is 5.46. The van der Waals surface area contributed by atoms with E-state index in [4.69, 9.17) is 5.84 Å². The highest BCUT2D eigenvalue weighted by atomic mass is 15.3. The lowest BCUT2D eigenvalue weighted by atomic mass is 9.98. The number of hydrazine groups is 1. The van der Waals surface area contributed by atoms with Crippen LogP contribution in [0.2, 0.25) is 0 Å². The van der Waals surface area contributed by atoms with Crippen molar-refractivity contribution in [3.63, 3.8) is 0 Å². The van der Waals surface area contributed by atoms with Gasteiger partial charge in [-0.05, 0) is 25.7 Å². The van der Waals surface area contributed by atoms with Crippen LogP contribution in [0.15, 0.2) is 0 Å². The summed E-state index contributed by atoms with van der Waals surface area (Å²) < 4.78 is 0. The number of nitrogens with one attached hydrogen (secondary N) is 2. The smallest absolute Gasteiger partial charge is 0.165 e. The molecule has 0 unspecified atom stereocenters. The Bertz CT molecular complexity index is 239. The molecular formula is C7H12N4. The molecule has 0 atom stereocenters. The van der Waals surface area contributed by atoms with Gasteiger partial charge in [0.1, 0.15) is 0 Å². The number of aryl methyl sites for hydroxylation is 1. The minimum absolute atomic E-state index is 0.819. The summed E-state index contributed by atoms with van der Waals surface area (Å²) in [5.41, 5.74) is 5.12. The summed E-state index contributed by atoms with van der Waals surface area (Å²) in [5.74, 6) is 6.11. The lowest BCUT2D eigenvalue weighted by Crippen LogP contribution is -2.10. The van der Waals surface area contributed by atoms with Crippen molar-refractivity contribution < 1.29 is 0 Å². The molecule has 4 nitrogen and oxygen atoms in total. The van der Waals surface area contributed by atoms with Crippen LogP contribution in [0.4, 0.5) is 5.82 Å². The number of nitrogens with two attached hydrogens (primary N) is 1. The van der Waals surface area contributed by atoms with Crippen molar-refractivity contribution in [1.82, 2.24) is 10.2 Å². The fourth-order valence-corrected chi connectivity index (χ4v) is 1.60.